The first-order chi connectivity index (χ1) is 7.07. The van der Waals surface area contributed by atoms with Gasteiger partial charge >= 0.3 is 6.03 Å². The van der Waals surface area contributed by atoms with Gasteiger partial charge in [0.25, 0.3) is 0 Å². The zero-order valence-electron chi connectivity index (χ0n) is 8.68. The van der Waals surface area contributed by atoms with Crippen LogP contribution in [-0.4, -0.2) is 25.2 Å². The summed E-state index contributed by atoms with van der Waals surface area (Å²) in [7, 11) is 2.92. The molecule has 0 spiro atoms. The number of hydrazine groups is 2. The van der Waals surface area contributed by atoms with E-state index in [1.54, 1.807) is 24.3 Å². The Morgan fingerprint density at radius 3 is 2.47 bits per heavy atom. The Labute approximate surface area is 87.9 Å². The highest BCUT2D eigenvalue weighted by atomic mass is 16.5. The van der Waals surface area contributed by atoms with Crippen molar-refractivity contribution < 1.29 is 9.53 Å². The van der Waals surface area contributed by atoms with E-state index in [0.29, 0.717) is 11.4 Å². The Balaban J connectivity index is 3.00. The van der Waals surface area contributed by atoms with E-state index in [2.05, 4.69) is 0 Å². The van der Waals surface area contributed by atoms with Crippen molar-refractivity contribution >= 4 is 11.7 Å². The standard InChI is InChI=1S/C9H14N4O2/c1-12(10)9(14)13(11)7-5-3-4-6-8(7)15-2/h3-6H,10-11H2,1-2H3. The number of hydrogen-bond donors (Lipinski definition) is 2. The van der Waals surface area contributed by atoms with Crippen LogP contribution in [0.2, 0.25) is 0 Å². The molecule has 82 valence electrons. The molecule has 0 heterocycles. The molecule has 0 aromatic heterocycles. The lowest BCUT2D eigenvalue weighted by Gasteiger charge is -2.22. The highest BCUT2D eigenvalue weighted by Gasteiger charge is 2.17. The number of rotatable bonds is 2. The van der Waals surface area contributed by atoms with Gasteiger partial charge in [-0.05, 0) is 12.1 Å². The second-order valence-corrected chi connectivity index (χ2v) is 2.94. The zero-order valence-corrected chi connectivity index (χ0v) is 8.68. The highest BCUT2D eigenvalue weighted by Crippen LogP contribution is 2.25. The molecular weight excluding hydrogens is 196 g/mol. The lowest BCUT2D eigenvalue weighted by molar-refractivity contribution is 0.216. The van der Waals surface area contributed by atoms with Crippen molar-refractivity contribution in [2.24, 2.45) is 11.7 Å². The summed E-state index contributed by atoms with van der Waals surface area (Å²) < 4.78 is 5.06. The van der Waals surface area contributed by atoms with Crippen molar-refractivity contribution in [1.82, 2.24) is 5.01 Å². The lowest BCUT2D eigenvalue weighted by Crippen LogP contribution is -2.48. The minimum Gasteiger partial charge on any atom is -0.495 e. The third-order valence-corrected chi connectivity index (χ3v) is 1.85. The summed E-state index contributed by atoms with van der Waals surface area (Å²) in [6.07, 6.45) is 0. The number of amides is 2. The van der Waals surface area contributed by atoms with Crippen LogP contribution in [0.5, 0.6) is 5.75 Å². The number of para-hydroxylation sites is 2. The number of methoxy groups -OCH3 is 1. The van der Waals surface area contributed by atoms with Crippen molar-refractivity contribution in [3.05, 3.63) is 24.3 Å². The van der Waals surface area contributed by atoms with E-state index in [1.165, 1.54) is 14.2 Å². The van der Waals surface area contributed by atoms with Gasteiger partial charge in [-0.15, -0.1) is 0 Å². The first-order valence-electron chi connectivity index (χ1n) is 4.28. The van der Waals surface area contributed by atoms with Crippen LogP contribution in [0.3, 0.4) is 0 Å². The molecule has 0 saturated heterocycles. The van der Waals surface area contributed by atoms with Gasteiger partial charge in [0.15, 0.2) is 0 Å². The van der Waals surface area contributed by atoms with Gasteiger partial charge in [0.1, 0.15) is 11.4 Å². The maximum absolute atomic E-state index is 11.5. The Morgan fingerprint density at radius 1 is 1.33 bits per heavy atom. The van der Waals surface area contributed by atoms with Crippen molar-refractivity contribution in [3.63, 3.8) is 0 Å². The number of hydrogen-bond acceptors (Lipinski definition) is 4. The van der Waals surface area contributed by atoms with Gasteiger partial charge in [0.05, 0.1) is 7.11 Å². The predicted molar refractivity (Wildman–Crippen MR) is 57.0 cm³/mol. The van der Waals surface area contributed by atoms with Crippen molar-refractivity contribution in [1.29, 1.82) is 0 Å². The molecule has 0 aliphatic heterocycles. The fourth-order valence-electron chi connectivity index (χ4n) is 1.10. The summed E-state index contributed by atoms with van der Waals surface area (Å²) in [5, 5.41) is 1.82. The smallest absolute Gasteiger partial charge is 0.352 e. The van der Waals surface area contributed by atoms with E-state index in [0.717, 1.165) is 10.0 Å². The number of carbonyl (C=O) groups is 1. The molecule has 1 aromatic rings. The third-order valence-electron chi connectivity index (χ3n) is 1.85. The maximum atomic E-state index is 11.5. The number of benzene rings is 1. The number of anilines is 1. The first kappa shape index (κ1) is 11.3. The third kappa shape index (κ3) is 2.36. The highest BCUT2D eigenvalue weighted by molar-refractivity contribution is 5.91. The van der Waals surface area contributed by atoms with Gasteiger partial charge in [-0.1, -0.05) is 12.1 Å². The van der Waals surface area contributed by atoms with Crippen molar-refractivity contribution in [3.8, 4) is 5.75 Å². The molecular formula is C9H14N4O2. The van der Waals surface area contributed by atoms with E-state index >= 15 is 0 Å². The average molecular weight is 210 g/mol. The first-order valence-corrected chi connectivity index (χ1v) is 4.28. The summed E-state index contributed by atoms with van der Waals surface area (Å²) >= 11 is 0. The summed E-state index contributed by atoms with van der Waals surface area (Å²) in [6.45, 7) is 0. The molecule has 1 aromatic carbocycles. The molecule has 0 saturated carbocycles. The van der Waals surface area contributed by atoms with E-state index < -0.39 is 6.03 Å². The van der Waals surface area contributed by atoms with Crippen LogP contribution < -0.4 is 21.4 Å². The molecule has 0 aliphatic rings. The van der Waals surface area contributed by atoms with Crippen LogP contribution in [0.4, 0.5) is 10.5 Å². The number of nitrogens with zero attached hydrogens (tertiary/aromatic N) is 2. The van der Waals surface area contributed by atoms with Crippen LogP contribution in [0.1, 0.15) is 0 Å². The molecule has 0 aliphatic carbocycles. The molecule has 0 bridgehead atoms. The molecule has 4 N–H and O–H groups in total. The van der Waals surface area contributed by atoms with E-state index in [-0.39, 0.29) is 0 Å². The van der Waals surface area contributed by atoms with Crippen LogP contribution >= 0.6 is 0 Å². The zero-order chi connectivity index (χ0) is 11.4. The van der Waals surface area contributed by atoms with Gasteiger partial charge in [0, 0.05) is 7.05 Å². The number of nitrogens with two attached hydrogens (primary N) is 2. The van der Waals surface area contributed by atoms with Gasteiger partial charge in [-0.25, -0.2) is 21.5 Å². The fraction of sp³-hybridized carbons (Fsp3) is 0.222. The minimum absolute atomic E-state index is 0.460. The van der Waals surface area contributed by atoms with E-state index in [1.807, 2.05) is 0 Å². The number of urea groups is 1. The molecule has 0 atom stereocenters. The van der Waals surface area contributed by atoms with Gasteiger partial charge in [-0.2, -0.15) is 0 Å². The molecule has 0 fully saturated rings. The van der Waals surface area contributed by atoms with E-state index in [9.17, 15) is 4.79 Å². The second kappa shape index (κ2) is 4.63. The van der Waals surface area contributed by atoms with Crippen LogP contribution in [-0.2, 0) is 0 Å². The van der Waals surface area contributed by atoms with E-state index in [4.69, 9.17) is 16.4 Å². The Kier molecular flexibility index (Phi) is 3.48. The number of carbonyl (C=O) groups excluding carboxylic acids is 1. The predicted octanol–water partition coefficient (Wildman–Crippen LogP) is 0.301. The fourth-order valence-corrected chi connectivity index (χ4v) is 1.10. The number of ether oxygens (including phenoxy) is 1. The summed E-state index contributed by atoms with van der Waals surface area (Å²) in [5.41, 5.74) is 0.460. The Bertz CT molecular complexity index is 354. The van der Waals surface area contributed by atoms with Gasteiger partial charge in [-0.3, -0.25) is 5.01 Å². The maximum Gasteiger partial charge on any atom is 0.352 e. The minimum atomic E-state index is -0.528. The average Bonchev–Trinajstić information content (AvgIpc) is 2.26. The second-order valence-electron chi connectivity index (χ2n) is 2.94. The normalized spacial score (nSPS) is 9.60. The van der Waals surface area contributed by atoms with Crippen LogP contribution in [0, 0.1) is 0 Å². The van der Waals surface area contributed by atoms with Gasteiger partial charge in [0.2, 0.25) is 0 Å². The lowest BCUT2D eigenvalue weighted by atomic mass is 10.3. The Morgan fingerprint density at radius 2 is 1.93 bits per heavy atom. The SMILES string of the molecule is COc1ccccc1N(N)C(=O)N(C)N. The van der Waals surface area contributed by atoms with Crippen molar-refractivity contribution in [2.75, 3.05) is 19.2 Å². The molecule has 1 rings (SSSR count). The quantitative estimate of drug-likeness (QED) is 0.417. The van der Waals surface area contributed by atoms with Crippen LogP contribution in [0.15, 0.2) is 24.3 Å². The summed E-state index contributed by atoms with van der Waals surface area (Å²) in [5.74, 6) is 11.4. The molecule has 6 nitrogen and oxygen atoms in total. The summed E-state index contributed by atoms with van der Waals surface area (Å²) in [4.78, 5) is 11.5. The molecule has 2 amide bonds. The molecule has 0 radical (unpaired) electrons. The van der Waals surface area contributed by atoms with Gasteiger partial charge < -0.3 is 4.74 Å². The molecule has 0 unspecified atom stereocenters. The molecule has 6 heteroatoms. The molecule has 15 heavy (non-hydrogen) atoms. The summed E-state index contributed by atoms with van der Waals surface area (Å²) in [6, 6.07) is 6.38. The van der Waals surface area contributed by atoms with Crippen molar-refractivity contribution in [2.45, 2.75) is 0 Å². The largest absolute Gasteiger partial charge is 0.495 e. The van der Waals surface area contributed by atoms with Crippen LogP contribution in [0.25, 0.3) is 0 Å². The monoisotopic (exact) mass is 210 g/mol. The Hall–Kier alpha value is -1.79. The topological polar surface area (TPSA) is 84.8 Å².